The first-order valence-corrected chi connectivity index (χ1v) is 7.31. The Morgan fingerprint density at radius 3 is 2.65 bits per heavy atom. The third-order valence-corrected chi connectivity index (χ3v) is 4.27. The van der Waals surface area contributed by atoms with Crippen molar-refractivity contribution >= 4 is 0 Å². The molecule has 0 saturated heterocycles. The zero-order valence-electron chi connectivity index (χ0n) is 12.4. The van der Waals surface area contributed by atoms with E-state index in [-0.39, 0.29) is 5.75 Å². The fourth-order valence-corrected chi connectivity index (χ4v) is 2.73. The molecule has 3 N–H and O–H groups in total. The smallest absolute Gasteiger partial charge is 0.123 e. The van der Waals surface area contributed by atoms with Crippen molar-refractivity contribution in [3.8, 4) is 11.5 Å². The molecule has 1 aliphatic rings. The van der Waals surface area contributed by atoms with Gasteiger partial charge in [0.1, 0.15) is 11.5 Å². The van der Waals surface area contributed by atoms with Gasteiger partial charge in [0.2, 0.25) is 0 Å². The van der Waals surface area contributed by atoms with Gasteiger partial charge in [-0.1, -0.05) is 13.0 Å². The summed E-state index contributed by atoms with van der Waals surface area (Å²) >= 11 is 0. The van der Waals surface area contributed by atoms with Crippen molar-refractivity contribution in [2.24, 2.45) is 5.92 Å². The maximum absolute atomic E-state index is 10.5. The average Bonchev–Trinajstić information content (AvgIpc) is 2.44. The van der Waals surface area contributed by atoms with Crippen molar-refractivity contribution in [3.63, 3.8) is 0 Å². The van der Waals surface area contributed by atoms with Gasteiger partial charge in [0.15, 0.2) is 0 Å². The lowest BCUT2D eigenvalue weighted by Gasteiger charge is -2.35. The molecule has 1 aromatic carbocycles. The number of aliphatic hydroxyl groups is 1. The van der Waals surface area contributed by atoms with Gasteiger partial charge in [-0.15, -0.1) is 0 Å². The Labute approximate surface area is 120 Å². The van der Waals surface area contributed by atoms with E-state index in [0.717, 1.165) is 37.2 Å². The van der Waals surface area contributed by atoms with Gasteiger partial charge >= 0.3 is 0 Å². The van der Waals surface area contributed by atoms with E-state index < -0.39 is 5.60 Å². The standard InChI is InChI=1S/C16H25NO3/c1-12-5-7-16(19,8-6-12)11-17-10-13-3-4-14(20-2)9-15(13)18/h3-4,9,12,17-19H,5-8,10-11H2,1-2H3. The Hall–Kier alpha value is -1.26. The molecule has 1 aliphatic carbocycles. The maximum atomic E-state index is 10.5. The summed E-state index contributed by atoms with van der Waals surface area (Å²) < 4.78 is 5.06. The van der Waals surface area contributed by atoms with E-state index in [2.05, 4.69) is 12.2 Å². The average molecular weight is 279 g/mol. The third-order valence-electron chi connectivity index (χ3n) is 4.27. The van der Waals surface area contributed by atoms with Crippen molar-refractivity contribution in [1.82, 2.24) is 5.32 Å². The van der Waals surface area contributed by atoms with Crippen LogP contribution >= 0.6 is 0 Å². The first kappa shape index (κ1) is 15.1. The van der Waals surface area contributed by atoms with Gasteiger partial charge in [-0.05, 0) is 37.7 Å². The van der Waals surface area contributed by atoms with Gasteiger partial charge in [0.25, 0.3) is 0 Å². The normalized spacial score (nSPS) is 26.4. The summed E-state index contributed by atoms with van der Waals surface area (Å²) in [6, 6.07) is 5.27. The van der Waals surface area contributed by atoms with E-state index >= 15 is 0 Å². The highest BCUT2D eigenvalue weighted by Gasteiger charge is 2.31. The molecule has 0 bridgehead atoms. The van der Waals surface area contributed by atoms with Gasteiger partial charge < -0.3 is 20.3 Å². The number of hydrogen-bond donors (Lipinski definition) is 3. The van der Waals surface area contributed by atoms with Crippen molar-refractivity contribution in [3.05, 3.63) is 23.8 Å². The van der Waals surface area contributed by atoms with Crippen LogP contribution in [0.15, 0.2) is 18.2 Å². The maximum Gasteiger partial charge on any atom is 0.123 e. The molecule has 4 heteroatoms. The summed E-state index contributed by atoms with van der Waals surface area (Å²) in [5.74, 6) is 1.59. The molecule has 0 spiro atoms. The second-order valence-electron chi connectivity index (χ2n) is 6.01. The summed E-state index contributed by atoms with van der Waals surface area (Å²) in [7, 11) is 1.58. The molecule has 20 heavy (non-hydrogen) atoms. The van der Waals surface area contributed by atoms with Crippen LogP contribution < -0.4 is 10.1 Å². The monoisotopic (exact) mass is 279 g/mol. The van der Waals surface area contributed by atoms with Gasteiger partial charge in [-0.2, -0.15) is 0 Å². The second-order valence-corrected chi connectivity index (χ2v) is 6.01. The molecule has 0 unspecified atom stereocenters. The Morgan fingerprint density at radius 2 is 2.05 bits per heavy atom. The molecule has 0 amide bonds. The van der Waals surface area contributed by atoms with E-state index in [4.69, 9.17) is 4.74 Å². The highest BCUT2D eigenvalue weighted by Crippen LogP contribution is 2.31. The summed E-state index contributed by atoms with van der Waals surface area (Å²) in [6.45, 7) is 3.36. The topological polar surface area (TPSA) is 61.7 Å². The predicted octanol–water partition coefficient (Wildman–Crippen LogP) is 2.43. The highest BCUT2D eigenvalue weighted by atomic mass is 16.5. The minimum Gasteiger partial charge on any atom is -0.507 e. The van der Waals surface area contributed by atoms with Crippen LogP contribution in [0.1, 0.15) is 38.2 Å². The Morgan fingerprint density at radius 1 is 1.35 bits per heavy atom. The lowest BCUT2D eigenvalue weighted by molar-refractivity contribution is -0.00633. The van der Waals surface area contributed by atoms with Crippen molar-refractivity contribution in [2.75, 3.05) is 13.7 Å². The number of phenolic OH excluding ortho intramolecular Hbond substituents is 1. The summed E-state index contributed by atoms with van der Waals surface area (Å²) in [6.07, 6.45) is 3.89. The number of ether oxygens (including phenoxy) is 1. The van der Waals surface area contributed by atoms with Gasteiger partial charge in [-0.3, -0.25) is 0 Å². The number of phenols is 1. The van der Waals surface area contributed by atoms with Crippen molar-refractivity contribution < 1.29 is 14.9 Å². The van der Waals surface area contributed by atoms with Crippen LogP contribution in [0, 0.1) is 5.92 Å². The molecule has 1 fully saturated rings. The Bertz CT molecular complexity index is 439. The molecule has 0 aromatic heterocycles. The van der Waals surface area contributed by atoms with Gasteiger partial charge in [-0.25, -0.2) is 0 Å². The number of nitrogens with one attached hydrogen (secondary N) is 1. The predicted molar refractivity (Wildman–Crippen MR) is 78.9 cm³/mol. The SMILES string of the molecule is COc1ccc(CNCC2(O)CCC(C)CC2)c(O)c1. The zero-order valence-corrected chi connectivity index (χ0v) is 12.4. The quantitative estimate of drug-likeness (QED) is 0.774. The second kappa shape index (κ2) is 6.46. The first-order chi connectivity index (χ1) is 9.52. The van der Waals surface area contributed by atoms with Crippen molar-refractivity contribution in [2.45, 2.75) is 44.8 Å². The molecule has 2 rings (SSSR count). The van der Waals surface area contributed by atoms with Crippen LogP contribution in [0.3, 0.4) is 0 Å². The molecular formula is C16H25NO3. The number of hydrogen-bond acceptors (Lipinski definition) is 4. The van der Waals surface area contributed by atoms with E-state index in [0.29, 0.717) is 18.8 Å². The third kappa shape index (κ3) is 3.87. The summed E-state index contributed by atoms with van der Waals surface area (Å²) in [4.78, 5) is 0. The van der Waals surface area contributed by atoms with Gasteiger partial charge in [0.05, 0.1) is 12.7 Å². The van der Waals surface area contributed by atoms with Crippen LogP contribution in [0.25, 0.3) is 0 Å². The minimum atomic E-state index is -0.589. The minimum absolute atomic E-state index is 0.223. The fourth-order valence-electron chi connectivity index (χ4n) is 2.73. The fraction of sp³-hybridized carbons (Fsp3) is 0.625. The molecule has 4 nitrogen and oxygen atoms in total. The van der Waals surface area contributed by atoms with Crippen LogP contribution in [-0.2, 0) is 6.54 Å². The number of rotatable bonds is 5. The molecule has 1 saturated carbocycles. The van der Waals surface area contributed by atoms with Crippen LogP contribution in [-0.4, -0.2) is 29.5 Å². The van der Waals surface area contributed by atoms with E-state index in [9.17, 15) is 10.2 Å². The van der Waals surface area contributed by atoms with Gasteiger partial charge in [0, 0.05) is 24.7 Å². The van der Waals surface area contributed by atoms with E-state index in [1.807, 2.05) is 12.1 Å². The van der Waals surface area contributed by atoms with E-state index in [1.165, 1.54) is 0 Å². The molecule has 0 heterocycles. The van der Waals surface area contributed by atoms with Crippen molar-refractivity contribution in [1.29, 1.82) is 0 Å². The van der Waals surface area contributed by atoms with Crippen LogP contribution in [0.4, 0.5) is 0 Å². The largest absolute Gasteiger partial charge is 0.507 e. The number of benzene rings is 1. The highest BCUT2D eigenvalue weighted by molar-refractivity contribution is 5.39. The lowest BCUT2D eigenvalue weighted by atomic mass is 9.79. The number of aromatic hydroxyl groups is 1. The van der Waals surface area contributed by atoms with Crippen LogP contribution in [0.5, 0.6) is 11.5 Å². The Balaban J connectivity index is 1.83. The zero-order chi connectivity index (χ0) is 14.6. The van der Waals surface area contributed by atoms with Crippen LogP contribution in [0.2, 0.25) is 0 Å². The molecule has 0 atom stereocenters. The molecular weight excluding hydrogens is 254 g/mol. The summed E-state index contributed by atoms with van der Waals surface area (Å²) in [5, 5.41) is 23.6. The number of methoxy groups -OCH3 is 1. The Kier molecular flexibility index (Phi) is 4.89. The molecule has 112 valence electrons. The van der Waals surface area contributed by atoms with E-state index in [1.54, 1.807) is 13.2 Å². The molecule has 0 aliphatic heterocycles. The molecule has 1 aromatic rings. The summed E-state index contributed by atoms with van der Waals surface area (Å²) in [5.41, 5.74) is 0.229. The lowest BCUT2D eigenvalue weighted by Crippen LogP contribution is -2.43. The first-order valence-electron chi connectivity index (χ1n) is 7.31. The molecule has 0 radical (unpaired) electrons.